The van der Waals surface area contributed by atoms with Gasteiger partial charge in [-0.3, -0.25) is 14.5 Å². The van der Waals surface area contributed by atoms with E-state index in [4.69, 9.17) is 45.3 Å². The van der Waals surface area contributed by atoms with E-state index in [1.54, 1.807) is 24.3 Å². The van der Waals surface area contributed by atoms with Crippen LogP contribution in [0.5, 0.6) is 5.75 Å². The molecule has 0 aliphatic carbocycles. The number of nitrogens with zero attached hydrogens (tertiary/aromatic N) is 2. The zero-order valence-electron chi connectivity index (χ0n) is 18.0. The van der Waals surface area contributed by atoms with E-state index in [2.05, 4.69) is 18.7 Å². The molecule has 33 heavy (non-hydrogen) atoms. The van der Waals surface area contributed by atoms with Gasteiger partial charge in [0.1, 0.15) is 23.2 Å². The molecule has 2 aromatic rings. The Morgan fingerprint density at radius 1 is 1.21 bits per heavy atom. The van der Waals surface area contributed by atoms with Crippen molar-refractivity contribution in [2.45, 2.75) is 20.5 Å². The van der Waals surface area contributed by atoms with Crippen molar-refractivity contribution in [2.24, 2.45) is 0 Å². The minimum absolute atomic E-state index is 0.207. The molecule has 0 aromatic heterocycles. The van der Waals surface area contributed by atoms with Gasteiger partial charge in [-0.25, -0.2) is 0 Å². The van der Waals surface area contributed by atoms with Crippen LogP contribution in [0.1, 0.15) is 25.0 Å². The summed E-state index contributed by atoms with van der Waals surface area (Å²) >= 11 is 18.5. The first-order valence-electron chi connectivity index (χ1n) is 10.2. The lowest BCUT2D eigenvalue weighted by atomic mass is 10.1. The van der Waals surface area contributed by atoms with E-state index in [1.165, 1.54) is 0 Å². The average Bonchev–Trinajstić information content (AvgIpc) is 3.02. The quantitative estimate of drug-likeness (QED) is 0.333. The topological polar surface area (TPSA) is 70.1 Å². The highest BCUT2D eigenvalue weighted by Gasteiger charge is 2.33. The summed E-state index contributed by atoms with van der Waals surface area (Å²) in [6.45, 7) is 5.52. The fourth-order valence-corrected chi connectivity index (χ4v) is 4.97. The van der Waals surface area contributed by atoms with Crippen LogP contribution < -0.4 is 9.64 Å². The fourth-order valence-electron chi connectivity index (χ4n) is 3.26. The van der Waals surface area contributed by atoms with Crippen molar-refractivity contribution in [1.29, 1.82) is 0 Å². The molecule has 0 spiro atoms. The van der Waals surface area contributed by atoms with Gasteiger partial charge in [-0.05, 0) is 44.2 Å². The highest BCUT2D eigenvalue weighted by molar-refractivity contribution is 8.26. The van der Waals surface area contributed by atoms with Crippen LogP contribution >= 0.6 is 47.2 Å². The first-order valence-corrected chi connectivity index (χ1v) is 12.1. The summed E-state index contributed by atoms with van der Waals surface area (Å²) in [7, 11) is 0. The second kappa shape index (κ2) is 11.2. The molecule has 1 aliphatic rings. The van der Waals surface area contributed by atoms with Gasteiger partial charge >= 0.3 is 5.97 Å². The summed E-state index contributed by atoms with van der Waals surface area (Å²) in [6, 6.07) is 10.9. The van der Waals surface area contributed by atoms with Gasteiger partial charge in [0.2, 0.25) is 0 Å². The van der Waals surface area contributed by atoms with Gasteiger partial charge in [-0.15, -0.1) is 0 Å². The molecule has 1 fully saturated rings. The molecule has 0 bridgehead atoms. The number of aliphatic carboxylic acids is 1. The van der Waals surface area contributed by atoms with E-state index in [-0.39, 0.29) is 10.9 Å². The van der Waals surface area contributed by atoms with Crippen molar-refractivity contribution >= 4 is 75.1 Å². The lowest BCUT2D eigenvalue weighted by Crippen LogP contribution is -2.33. The van der Waals surface area contributed by atoms with Crippen molar-refractivity contribution in [3.05, 3.63) is 62.5 Å². The van der Waals surface area contributed by atoms with E-state index >= 15 is 0 Å². The highest BCUT2D eigenvalue weighted by atomic mass is 35.5. The van der Waals surface area contributed by atoms with Crippen molar-refractivity contribution in [3.63, 3.8) is 0 Å². The van der Waals surface area contributed by atoms with E-state index in [0.29, 0.717) is 26.3 Å². The van der Waals surface area contributed by atoms with E-state index < -0.39 is 18.4 Å². The predicted octanol–water partition coefficient (Wildman–Crippen LogP) is 5.70. The maximum atomic E-state index is 12.7. The van der Waals surface area contributed by atoms with Crippen molar-refractivity contribution in [2.75, 3.05) is 24.5 Å². The summed E-state index contributed by atoms with van der Waals surface area (Å²) in [4.78, 5) is 27.4. The maximum absolute atomic E-state index is 12.7. The number of anilines is 1. The number of carboxylic acid groups (broad SMARTS) is 1. The molecular formula is C23H22Cl2N2O4S2. The highest BCUT2D eigenvalue weighted by Crippen LogP contribution is 2.36. The maximum Gasteiger partial charge on any atom is 0.323 e. The van der Waals surface area contributed by atoms with Gasteiger partial charge < -0.3 is 14.7 Å². The monoisotopic (exact) mass is 524 g/mol. The summed E-state index contributed by atoms with van der Waals surface area (Å²) < 4.78 is 6.34. The molecule has 1 saturated heterocycles. The summed E-state index contributed by atoms with van der Waals surface area (Å²) in [5.74, 6) is -0.999. The number of rotatable bonds is 9. The molecule has 3 rings (SSSR count). The van der Waals surface area contributed by atoms with E-state index in [0.717, 1.165) is 41.0 Å². The minimum atomic E-state index is -1.13. The van der Waals surface area contributed by atoms with Crippen molar-refractivity contribution in [3.8, 4) is 5.75 Å². The van der Waals surface area contributed by atoms with Crippen LogP contribution in [0.3, 0.4) is 0 Å². The molecule has 2 aromatic carbocycles. The van der Waals surface area contributed by atoms with Crippen LogP contribution in [0.4, 0.5) is 5.69 Å². The first-order chi connectivity index (χ1) is 15.7. The van der Waals surface area contributed by atoms with Crippen molar-refractivity contribution in [1.82, 2.24) is 4.90 Å². The Morgan fingerprint density at radius 3 is 2.58 bits per heavy atom. The number of carboxylic acids is 1. The standard InChI is InChI=1S/C23H22Cl2N2O4S2/c1-3-26(4-2)17-8-6-14(9-20-22(30)27(12-21(28)29)23(32)33-20)19(11-17)31-13-15-5-7-16(24)10-18(15)25/h5-11H,3-4,12-13H2,1-2H3,(H,28,29)/b20-9-. The third kappa shape index (κ3) is 6.20. The third-order valence-electron chi connectivity index (χ3n) is 4.98. The summed E-state index contributed by atoms with van der Waals surface area (Å²) in [6.07, 6.45) is 1.67. The summed E-state index contributed by atoms with van der Waals surface area (Å²) in [5, 5.41) is 10.1. The van der Waals surface area contributed by atoms with Gasteiger partial charge in [0.05, 0.1) is 4.91 Å². The Morgan fingerprint density at radius 2 is 1.94 bits per heavy atom. The number of thiocarbonyl (C=S) groups is 1. The fraction of sp³-hybridized carbons (Fsp3) is 0.261. The molecule has 0 radical (unpaired) electrons. The number of halogens is 2. The number of hydrogen-bond donors (Lipinski definition) is 1. The Hall–Kier alpha value is -2.26. The number of ether oxygens (including phenoxy) is 1. The van der Waals surface area contributed by atoms with Gasteiger partial charge in [0, 0.05) is 46.0 Å². The van der Waals surface area contributed by atoms with Crippen LogP contribution in [0.25, 0.3) is 6.08 Å². The molecule has 1 aliphatic heterocycles. The number of carbonyl (C=O) groups excluding carboxylic acids is 1. The second-order valence-corrected chi connectivity index (χ2v) is 9.60. The average molecular weight is 525 g/mol. The van der Waals surface area contributed by atoms with Crippen LogP contribution in [0.15, 0.2) is 41.3 Å². The number of hydrogen-bond acceptors (Lipinski definition) is 6. The third-order valence-corrected chi connectivity index (χ3v) is 6.94. The lowest BCUT2D eigenvalue weighted by Gasteiger charge is -2.22. The van der Waals surface area contributed by atoms with Gasteiger partial charge in [0.15, 0.2) is 0 Å². The molecule has 1 amide bonds. The molecule has 6 nitrogen and oxygen atoms in total. The molecule has 10 heteroatoms. The number of carbonyl (C=O) groups is 2. The zero-order valence-corrected chi connectivity index (χ0v) is 21.2. The molecule has 0 saturated carbocycles. The molecule has 174 valence electrons. The van der Waals surface area contributed by atoms with Crippen LogP contribution in [0, 0.1) is 0 Å². The SMILES string of the molecule is CCN(CC)c1ccc(/C=C2\SC(=S)N(CC(=O)O)C2=O)c(OCc2ccc(Cl)cc2Cl)c1. The van der Waals surface area contributed by atoms with Crippen LogP contribution in [-0.4, -0.2) is 45.8 Å². The minimum Gasteiger partial charge on any atom is -0.488 e. The number of thioether (sulfide) groups is 1. The normalized spacial score (nSPS) is 14.8. The van der Waals surface area contributed by atoms with E-state index in [9.17, 15) is 9.59 Å². The Bertz CT molecular complexity index is 1120. The first kappa shape index (κ1) is 25.4. The molecular weight excluding hydrogens is 503 g/mol. The van der Waals surface area contributed by atoms with Crippen molar-refractivity contribution < 1.29 is 19.4 Å². The zero-order chi connectivity index (χ0) is 24.1. The smallest absolute Gasteiger partial charge is 0.323 e. The van der Waals surface area contributed by atoms with Gasteiger partial charge in [-0.1, -0.05) is 53.2 Å². The second-order valence-electron chi connectivity index (χ2n) is 7.08. The van der Waals surface area contributed by atoms with Crippen LogP contribution in [-0.2, 0) is 16.2 Å². The summed E-state index contributed by atoms with van der Waals surface area (Å²) in [5.41, 5.74) is 2.42. The molecule has 0 unspecified atom stereocenters. The Kier molecular flexibility index (Phi) is 8.64. The lowest BCUT2D eigenvalue weighted by molar-refractivity contribution is -0.140. The molecule has 1 N–H and O–H groups in total. The molecule has 0 atom stereocenters. The van der Waals surface area contributed by atoms with Gasteiger partial charge in [0.25, 0.3) is 5.91 Å². The Labute approximate surface area is 212 Å². The largest absolute Gasteiger partial charge is 0.488 e. The Balaban J connectivity index is 1.95. The van der Waals surface area contributed by atoms with E-state index in [1.807, 2.05) is 18.2 Å². The molecule has 1 heterocycles. The predicted molar refractivity (Wildman–Crippen MR) is 138 cm³/mol. The number of benzene rings is 2. The van der Waals surface area contributed by atoms with Gasteiger partial charge in [-0.2, -0.15) is 0 Å². The number of amides is 1. The van der Waals surface area contributed by atoms with Crippen LogP contribution in [0.2, 0.25) is 10.0 Å².